The van der Waals surface area contributed by atoms with Crippen molar-refractivity contribution >= 4 is 5.91 Å². The van der Waals surface area contributed by atoms with Crippen molar-refractivity contribution in [2.24, 2.45) is 5.92 Å². The molecule has 1 aromatic heterocycles. The molecular weight excluding hydrogens is 398 g/mol. The lowest BCUT2D eigenvalue weighted by Crippen LogP contribution is -2.45. The summed E-state index contributed by atoms with van der Waals surface area (Å²) in [6, 6.07) is 9.54. The summed E-state index contributed by atoms with van der Waals surface area (Å²) in [5.41, 5.74) is 4.34. The van der Waals surface area contributed by atoms with Gasteiger partial charge in [0, 0.05) is 25.3 Å². The molecule has 2 aliphatic rings. The Morgan fingerprint density at radius 1 is 1.03 bits per heavy atom. The topological polar surface area (TPSA) is 52.6 Å². The maximum Gasteiger partial charge on any atom is 0.274 e. The van der Waals surface area contributed by atoms with Crippen LogP contribution in [0.5, 0.6) is 0 Å². The first-order valence-electron chi connectivity index (χ1n) is 12.0. The van der Waals surface area contributed by atoms with Gasteiger partial charge >= 0.3 is 0 Å². The summed E-state index contributed by atoms with van der Waals surface area (Å²) >= 11 is 0. The molecule has 1 aromatic carbocycles. The molecule has 6 heteroatoms. The van der Waals surface area contributed by atoms with Gasteiger partial charge in [0.15, 0.2) is 0 Å². The number of hydrogen-bond donors (Lipinski definition) is 0. The summed E-state index contributed by atoms with van der Waals surface area (Å²) in [6.07, 6.45) is 8.95. The number of aromatic nitrogens is 2. The Morgan fingerprint density at radius 2 is 1.72 bits per heavy atom. The van der Waals surface area contributed by atoms with Crippen molar-refractivity contribution in [3.63, 3.8) is 0 Å². The minimum absolute atomic E-state index is 0.0185. The van der Waals surface area contributed by atoms with Gasteiger partial charge in [-0.05, 0) is 89.8 Å². The molecule has 1 saturated heterocycles. The molecule has 0 N–H and O–H groups in total. The van der Waals surface area contributed by atoms with Crippen LogP contribution in [-0.4, -0.2) is 83.4 Å². The molecule has 6 nitrogen and oxygen atoms in total. The van der Waals surface area contributed by atoms with E-state index in [9.17, 15) is 4.79 Å². The van der Waals surface area contributed by atoms with Crippen molar-refractivity contribution in [3.05, 3.63) is 59.2 Å². The van der Waals surface area contributed by atoms with Crippen LogP contribution < -0.4 is 0 Å². The van der Waals surface area contributed by atoms with E-state index in [1.807, 2.05) is 11.8 Å². The van der Waals surface area contributed by atoms with E-state index in [1.54, 1.807) is 12.4 Å². The first kappa shape index (κ1) is 22.9. The first-order valence-corrected chi connectivity index (χ1v) is 12.0. The van der Waals surface area contributed by atoms with Crippen molar-refractivity contribution in [1.29, 1.82) is 0 Å². The number of aryl methyl sites for hydroxylation is 1. The molecule has 0 atom stereocenters. The highest BCUT2D eigenvalue weighted by atomic mass is 16.2. The summed E-state index contributed by atoms with van der Waals surface area (Å²) in [7, 11) is 4.16. The maximum atomic E-state index is 13.2. The van der Waals surface area contributed by atoms with Gasteiger partial charge in [-0.2, -0.15) is 0 Å². The Kier molecular flexibility index (Phi) is 7.53. The van der Waals surface area contributed by atoms with E-state index >= 15 is 0 Å². The number of benzene rings is 1. The second kappa shape index (κ2) is 10.5. The van der Waals surface area contributed by atoms with Gasteiger partial charge in [0.05, 0.1) is 11.9 Å². The van der Waals surface area contributed by atoms with E-state index in [-0.39, 0.29) is 5.91 Å². The van der Waals surface area contributed by atoms with Crippen molar-refractivity contribution in [3.8, 4) is 0 Å². The Bertz CT molecular complexity index is 864. The number of fused-ring (bicyclic) bond motifs is 1. The third-order valence-electron chi connectivity index (χ3n) is 6.99. The molecule has 2 aromatic rings. The quantitative estimate of drug-likeness (QED) is 0.638. The minimum atomic E-state index is 0.0185. The normalized spacial score (nSPS) is 17.6. The average molecular weight is 436 g/mol. The molecule has 0 bridgehead atoms. The van der Waals surface area contributed by atoms with Crippen molar-refractivity contribution in [2.75, 3.05) is 46.8 Å². The van der Waals surface area contributed by atoms with Crippen LogP contribution in [0.3, 0.4) is 0 Å². The van der Waals surface area contributed by atoms with E-state index in [0.29, 0.717) is 17.7 Å². The maximum absolute atomic E-state index is 13.2. The molecule has 0 unspecified atom stereocenters. The lowest BCUT2D eigenvalue weighted by molar-refractivity contribution is 0.0655. The molecule has 172 valence electrons. The molecule has 1 aliphatic heterocycles. The van der Waals surface area contributed by atoms with E-state index < -0.39 is 0 Å². The van der Waals surface area contributed by atoms with Gasteiger partial charge in [0.1, 0.15) is 5.69 Å². The summed E-state index contributed by atoms with van der Waals surface area (Å²) in [5.74, 6) is 0.571. The van der Waals surface area contributed by atoms with Crippen LogP contribution >= 0.6 is 0 Å². The first-order chi connectivity index (χ1) is 15.5. The third-order valence-corrected chi connectivity index (χ3v) is 6.99. The molecule has 0 radical (unpaired) electrons. The van der Waals surface area contributed by atoms with Crippen LogP contribution in [0.2, 0.25) is 0 Å². The van der Waals surface area contributed by atoms with Crippen molar-refractivity contribution < 1.29 is 4.79 Å². The molecule has 0 saturated carbocycles. The van der Waals surface area contributed by atoms with Gasteiger partial charge in [0.25, 0.3) is 5.91 Å². The fourth-order valence-electron chi connectivity index (χ4n) is 5.12. The van der Waals surface area contributed by atoms with Crippen LogP contribution in [0.1, 0.15) is 46.6 Å². The predicted octanol–water partition coefficient (Wildman–Crippen LogP) is 3.06. The van der Waals surface area contributed by atoms with Crippen LogP contribution in [0.25, 0.3) is 0 Å². The van der Waals surface area contributed by atoms with Gasteiger partial charge in [-0.25, -0.2) is 4.98 Å². The Hall–Kier alpha value is -2.31. The van der Waals surface area contributed by atoms with E-state index in [4.69, 9.17) is 0 Å². The van der Waals surface area contributed by atoms with Crippen LogP contribution in [-0.2, 0) is 12.8 Å². The van der Waals surface area contributed by atoms with Gasteiger partial charge < -0.3 is 9.80 Å². The number of carbonyl (C=O) groups is 1. The number of likely N-dealkylation sites (tertiary alicyclic amines) is 1. The monoisotopic (exact) mass is 435 g/mol. The summed E-state index contributed by atoms with van der Waals surface area (Å²) in [6.45, 7) is 6.73. The van der Waals surface area contributed by atoms with E-state index in [0.717, 1.165) is 57.7 Å². The summed E-state index contributed by atoms with van der Waals surface area (Å²) in [4.78, 5) is 28.7. The summed E-state index contributed by atoms with van der Waals surface area (Å²) < 4.78 is 0. The molecule has 4 rings (SSSR count). The van der Waals surface area contributed by atoms with Crippen LogP contribution in [0.4, 0.5) is 0 Å². The fourth-order valence-corrected chi connectivity index (χ4v) is 5.12. The molecule has 0 spiro atoms. The smallest absolute Gasteiger partial charge is 0.274 e. The van der Waals surface area contributed by atoms with Gasteiger partial charge in [-0.1, -0.05) is 24.3 Å². The number of hydrogen-bond acceptors (Lipinski definition) is 5. The lowest BCUT2D eigenvalue weighted by Gasteiger charge is -2.38. The zero-order valence-corrected chi connectivity index (χ0v) is 19.8. The van der Waals surface area contributed by atoms with Gasteiger partial charge in [-0.15, -0.1) is 0 Å². The lowest BCUT2D eigenvalue weighted by atomic mass is 9.94. The molecule has 1 aliphatic carbocycles. The molecule has 2 heterocycles. The molecular formula is C26H37N5O. The summed E-state index contributed by atoms with van der Waals surface area (Å²) in [5, 5.41) is 0. The zero-order chi connectivity index (χ0) is 22.5. The Balaban J connectivity index is 1.33. The van der Waals surface area contributed by atoms with Crippen LogP contribution in [0.15, 0.2) is 36.7 Å². The highest BCUT2D eigenvalue weighted by molar-refractivity contribution is 5.92. The number of carbonyl (C=O) groups excluding carboxylic acids is 1. The largest absolute Gasteiger partial charge is 0.337 e. The molecule has 32 heavy (non-hydrogen) atoms. The van der Waals surface area contributed by atoms with Crippen molar-refractivity contribution in [1.82, 2.24) is 24.7 Å². The van der Waals surface area contributed by atoms with E-state index in [1.165, 1.54) is 24.0 Å². The van der Waals surface area contributed by atoms with Gasteiger partial charge in [0.2, 0.25) is 0 Å². The minimum Gasteiger partial charge on any atom is -0.337 e. The number of nitrogens with zero attached hydrogens (tertiary/aromatic N) is 5. The van der Waals surface area contributed by atoms with Crippen LogP contribution in [0, 0.1) is 12.8 Å². The number of piperidine rings is 1. The SMILES string of the molecule is Cc1cnc(C(=O)N(CCCN(C)C)CC2CCN(C3Cc4ccccc4C3)CC2)cn1. The highest BCUT2D eigenvalue weighted by Gasteiger charge is 2.31. The molecule has 1 amide bonds. The average Bonchev–Trinajstić information content (AvgIpc) is 3.23. The fraction of sp³-hybridized carbons (Fsp3) is 0.577. The second-order valence-electron chi connectivity index (χ2n) is 9.76. The third kappa shape index (κ3) is 5.73. The van der Waals surface area contributed by atoms with E-state index in [2.05, 4.69) is 58.1 Å². The Labute approximate surface area is 192 Å². The predicted molar refractivity (Wildman–Crippen MR) is 128 cm³/mol. The van der Waals surface area contributed by atoms with Crippen molar-refractivity contribution in [2.45, 2.75) is 45.1 Å². The Morgan fingerprint density at radius 3 is 2.31 bits per heavy atom. The highest BCUT2D eigenvalue weighted by Crippen LogP contribution is 2.29. The number of rotatable bonds is 8. The second-order valence-corrected chi connectivity index (χ2v) is 9.76. The zero-order valence-electron chi connectivity index (χ0n) is 19.8. The number of amides is 1. The standard InChI is InChI=1S/C26H37N5O/c1-20-17-28-25(18-27-20)26(32)31(12-6-11-29(2)3)19-21-9-13-30(14-10-21)24-15-22-7-4-5-8-23(22)16-24/h4-5,7-8,17-18,21,24H,6,9-16,19H2,1-3H3. The van der Waals surface area contributed by atoms with Gasteiger partial charge in [-0.3, -0.25) is 14.7 Å². The molecule has 1 fully saturated rings.